The minimum atomic E-state index is -3.62. The van der Waals surface area contributed by atoms with Gasteiger partial charge in [0.05, 0.1) is 12.2 Å². The van der Waals surface area contributed by atoms with Gasteiger partial charge < -0.3 is 10.4 Å². The number of carboxylic acids is 1. The zero-order valence-corrected chi connectivity index (χ0v) is 13.1. The minimum Gasteiger partial charge on any atom is -0.481 e. The summed E-state index contributed by atoms with van der Waals surface area (Å²) < 4.78 is 24.7. The number of hydrogen-bond donors (Lipinski definition) is 2. The maximum Gasteiger partial charge on any atom is 0.303 e. The van der Waals surface area contributed by atoms with Crippen molar-refractivity contribution in [1.82, 2.24) is 5.32 Å². The molecular formula is C14H23NO5S. The molecule has 7 heteroatoms. The first kappa shape index (κ1) is 16.3. The largest absolute Gasteiger partial charge is 0.481 e. The number of aliphatic carboxylic acids is 1. The van der Waals surface area contributed by atoms with Gasteiger partial charge in [0.2, 0.25) is 5.91 Å². The summed E-state index contributed by atoms with van der Waals surface area (Å²) in [6, 6.07) is 0.0871. The monoisotopic (exact) mass is 317 g/mol. The van der Waals surface area contributed by atoms with Crippen LogP contribution in [-0.2, 0) is 19.4 Å². The Labute approximate surface area is 125 Å². The molecule has 2 aliphatic rings. The molecule has 0 radical (unpaired) electrons. The standard InChI is InChI=1S/C14H23NO5S/c1-10(13(18)15-11-4-2-3-5-11)21(19,20)9-14(6-7-14)8-12(16)17/h10-11H,2-9H2,1H3,(H,15,18)(H,16,17). The number of rotatable bonds is 7. The Morgan fingerprint density at radius 2 is 1.86 bits per heavy atom. The lowest BCUT2D eigenvalue weighted by Crippen LogP contribution is -2.44. The van der Waals surface area contributed by atoms with Gasteiger partial charge in [-0.3, -0.25) is 9.59 Å². The minimum absolute atomic E-state index is 0.0871. The number of hydrogen-bond acceptors (Lipinski definition) is 4. The molecule has 2 rings (SSSR count). The van der Waals surface area contributed by atoms with Crippen molar-refractivity contribution in [1.29, 1.82) is 0 Å². The SMILES string of the molecule is CC(C(=O)NC1CCCC1)S(=O)(=O)CC1(CC(=O)O)CC1. The Kier molecular flexibility index (Phi) is 4.60. The molecule has 1 atom stereocenters. The van der Waals surface area contributed by atoms with Crippen molar-refractivity contribution in [2.24, 2.45) is 5.41 Å². The van der Waals surface area contributed by atoms with Crippen molar-refractivity contribution >= 4 is 21.7 Å². The zero-order valence-electron chi connectivity index (χ0n) is 12.3. The second-order valence-electron chi connectivity index (χ2n) is 6.51. The van der Waals surface area contributed by atoms with E-state index in [-0.39, 0.29) is 18.2 Å². The van der Waals surface area contributed by atoms with Crippen LogP contribution in [0.3, 0.4) is 0 Å². The van der Waals surface area contributed by atoms with E-state index in [1.54, 1.807) is 0 Å². The van der Waals surface area contributed by atoms with E-state index in [1.807, 2.05) is 0 Å². The van der Waals surface area contributed by atoms with E-state index in [0.717, 1.165) is 25.7 Å². The van der Waals surface area contributed by atoms with Gasteiger partial charge in [-0.1, -0.05) is 12.8 Å². The Hall–Kier alpha value is -1.11. The van der Waals surface area contributed by atoms with Crippen molar-refractivity contribution in [3.63, 3.8) is 0 Å². The van der Waals surface area contributed by atoms with Crippen LogP contribution in [0.2, 0.25) is 0 Å². The van der Waals surface area contributed by atoms with Crippen LogP contribution in [0.1, 0.15) is 51.9 Å². The highest BCUT2D eigenvalue weighted by atomic mass is 32.2. The molecule has 2 N–H and O–H groups in total. The summed E-state index contributed by atoms with van der Waals surface area (Å²) in [6.45, 7) is 1.40. The van der Waals surface area contributed by atoms with E-state index in [0.29, 0.717) is 12.8 Å². The van der Waals surface area contributed by atoms with Gasteiger partial charge in [0.25, 0.3) is 0 Å². The molecule has 0 saturated heterocycles. The van der Waals surface area contributed by atoms with Gasteiger partial charge >= 0.3 is 5.97 Å². The Morgan fingerprint density at radius 3 is 2.33 bits per heavy atom. The molecule has 21 heavy (non-hydrogen) atoms. The second-order valence-corrected chi connectivity index (χ2v) is 8.83. The van der Waals surface area contributed by atoms with E-state index in [2.05, 4.69) is 5.32 Å². The number of carbonyl (C=O) groups is 2. The number of sulfone groups is 1. The highest BCUT2D eigenvalue weighted by Gasteiger charge is 2.49. The van der Waals surface area contributed by atoms with Crippen molar-refractivity contribution in [2.45, 2.75) is 63.2 Å². The van der Waals surface area contributed by atoms with Crippen LogP contribution in [0.5, 0.6) is 0 Å². The highest BCUT2D eigenvalue weighted by Crippen LogP contribution is 2.50. The van der Waals surface area contributed by atoms with Gasteiger partial charge in [-0.2, -0.15) is 0 Å². The lowest BCUT2D eigenvalue weighted by molar-refractivity contribution is -0.138. The molecule has 0 heterocycles. The van der Waals surface area contributed by atoms with E-state index >= 15 is 0 Å². The number of carboxylic acid groups (broad SMARTS) is 1. The molecular weight excluding hydrogens is 294 g/mol. The van der Waals surface area contributed by atoms with Crippen molar-refractivity contribution < 1.29 is 23.1 Å². The van der Waals surface area contributed by atoms with Gasteiger partial charge in [-0.25, -0.2) is 8.42 Å². The summed E-state index contributed by atoms with van der Waals surface area (Å²) in [4.78, 5) is 22.9. The fourth-order valence-electron chi connectivity index (χ4n) is 2.97. The topological polar surface area (TPSA) is 101 Å². The molecule has 1 amide bonds. The molecule has 1 unspecified atom stereocenters. The summed E-state index contributed by atoms with van der Waals surface area (Å²) in [5, 5.41) is 10.5. The molecule has 0 aliphatic heterocycles. The van der Waals surface area contributed by atoms with Crippen molar-refractivity contribution in [2.75, 3.05) is 5.75 Å². The summed E-state index contributed by atoms with van der Waals surface area (Å²) >= 11 is 0. The summed E-state index contributed by atoms with van der Waals surface area (Å²) in [5.41, 5.74) is -0.646. The van der Waals surface area contributed by atoms with E-state index in [1.165, 1.54) is 6.92 Å². The lowest BCUT2D eigenvalue weighted by Gasteiger charge is -2.19. The quantitative estimate of drug-likeness (QED) is 0.732. The first-order valence-corrected chi connectivity index (χ1v) is 9.19. The molecule has 0 bridgehead atoms. The fraction of sp³-hybridized carbons (Fsp3) is 0.857. The van der Waals surface area contributed by atoms with Crippen LogP contribution < -0.4 is 5.32 Å². The van der Waals surface area contributed by atoms with E-state index in [9.17, 15) is 18.0 Å². The number of amides is 1. The predicted molar refractivity (Wildman–Crippen MR) is 77.6 cm³/mol. The third-order valence-electron chi connectivity index (χ3n) is 4.60. The molecule has 6 nitrogen and oxygen atoms in total. The Morgan fingerprint density at radius 1 is 1.29 bits per heavy atom. The van der Waals surface area contributed by atoms with Crippen LogP contribution >= 0.6 is 0 Å². The average molecular weight is 317 g/mol. The fourth-order valence-corrected chi connectivity index (χ4v) is 4.86. The van der Waals surface area contributed by atoms with Gasteiger partial charge in [-0.05, 0) is 38.0 Å². The molecule has 0 aromatic rings. The third kappa shape index (κ3) is 4.18. The second kappa shape index (κ2) is 5.94. The zero-order chi connectivity index (χ0) is 15.7. The van der Waals surface area contributed by atoms with Crippen LogP contribution in [0.25, 0.3) is 0 Å². The van der Waals surface area contributed by atoms with Gasteiger partial charge in [-0.15, -0.1) is 0 Å². The average Bonchev–Trinajstić information content (AvgIpc) is 2.89. The Balaban J connectivity index is 1.94. The third-order valence-corrected chi connectivity index (χ3v) is 6.91. The predicted octanol–water partition coefficient (Wildman–Crippen LogP) is 1.10. The smallest absolute Gasteiger partial charge is 0.303 e. The molecule has 0 aromatic carbocycles. The Bertz CT molecular complexity index is 517. The van der Waals surface area contributed by atoms with E-state index in [4.69, 9.17) is 5.11 Å². The molecule has 2 aliphatic carbocycles. The van der Waals surface area contributed by atoms with Gasteiger partial charge in [0.1, 0.15) is 5.25 Å². The maximum absolute atomic E-state index is 12.3. The summed E-state index contributed by atoms with van der Waals surface area (Å²) in [6.07, 6.45) is 5.01. The lowest BCUT2D eigenvalue weighted by atomic mass is 10.1. The van der Waals surface area contributed by atoms with Crippen molar-refractivity contribution in [3.8, 4) is 0 Å². The summed E-state index contributed by atoms with van der Waals surface area (Å²) in [5.74, 6) is -1.63. The van der Waals surface area contributed by atoms with E-state index < -0.39 is 32.4 Å². The first-order chi connectivity index (χ1) is 9.74. The maximum atomic E-state index is 12.3. The number of carbonyl (C=O) groups excluding carboxylic acids is 1. The molecule has 2 saturated carbocycles. The van der Waals surface area contributed by atoms with Crippen LogP contribution in [-0.4, -0.2) is 42.4 Å². The normalized spacial score (nSPS) is 22.7. The first-order valence-electron chi connectivity index (χ1n) is 7.48. The van der Waals surface area contributed by atoms with Crippen molar-refractivity contribution in [3.05, 3.63) is 0 Å². The molecule has 2 fully saturated rings. The van der Waals surface area contributed by atoms with Crippen LogP contribution in [0.4, 0.5) is 0 Å². The van der Waals surface area contributed by atoms with Gasteiger partial charge in [0.15, 0.2) is 9.84 Å². The van der Waals surface area contributed by atoms with Crippen LogP contribution in [0, 0.1) is 5.41 Å². The molecule has 0 spiro atoms. The molecule has 120 valence electrons. The van der Waals surface area contributed by atoms with Gasteiger partial charge in [0, 0.05) is 6.04 Å². The van der Waals surface area contributed by atoms with Crippen LogP contribution in [0.15, 0.2) is 0 Å². The highest BCUT2D eigenvalue weighted by molar-refractivity contribution is 7.92. The number of nitrogens with one attached hydrogen (secondary N) is 1. The summed E-state index contributed by atoms with van der Waals surface area (Å²) in [7, 11) is -3.62. The molecule has 0 aromatic heterocycles.